The number of thioether (sulfide) groups is 1. The first kappa shape index (κ1) is 24.0. The van der Waals surface area contributed by atoms with Gasteiger partial charge in [0.1, 0.15) is 12.1 Å². The Bertz CT molecular complexity index is 622. The largest absolute Gasteiger partial charge is 0.464 e. The van der Waals surface area contributed by atoms with E-state index >= 15 is 0 Å². The second kappa shape index (κ2) is 13.2. The van der Waals surface area contributed by atoms with Gasteiger partial charge in [-0.15, -0.1) is 0 Å². The number of carbonyl (C=O) groups is 3. The number of ether oxygens (including phenoxy) is 1. The Morgan fingerprint density at radius 1 is 1.07 bits per heavy atom. The lowest BCUT2D eigenvalue weighted by Gasteiger charge is -2.24. The molecule has 0 aliphatic heterocycles. The lowest BCUT2D eigenvalue weighted by atomic mass is 10.0. The number of benzene rings is 1. The summed E-state index contributed by atoms with van der Waals surface area (Å²) in [4.78, 5) is 37.5. The number of amides is 2. The van der Waals surface area contributed by atoms with Gasteiger partial charge in [-0.25, -0.2) is 4.79 Å². The quantitative estimate of drug-likeness (QED) is 0.410. The first-order valence-electron chi connectivity index (χ1n) is 9.81. The first-order chi connectivity index (χ1) is 13.4. The van der Waals surface area contributed by atoms with E-state index in [2.05, 4.69) is 17.6 Å². The summed E-state index contributed by atoms with van der Waals surface area (Å²) in [6.07, 6.45) is 2.13. The maximum Gasteiger partial charge on any atom is 0.329 e. The molecule has 0 bridgehead atoms. The summed E-state index contributed by atoms with van der Waals surface area (Å²) in [6.45, 7) is 7.80. The van der Waals surface area contributed by atoms with Gasteiger partial charge in [0, 0.05) is 11.3 Å². The molecule has 28 heavy (non-hydrogen) atoms. The van der Waals surface area contributed by atoms with Crippen LogP contribution in [0.2, 0.25) is 0 Å². The van der Waals surface area contributed by atoms with Gasteiger partial charge in [-0.3, -0.25) is 9.59 Å². The molecule has 0 saturated carbocycles. The van der Waals surface area contributed by atoms with Crippen LogP contribution >= 0.6 is 11.8 Å². The summed E-state index contributed by atoms with van der Waals surface area (Å²) in [5.74, 6) is 0.0794. The minimum atomic E-state index is -0.745. The highest BCUT2D eigenvalue weighted by Crippen LogP contribution is 2.10. The van der Waals surface area contributed by atoms with Crippen molar-refractivity contribution < 1.29 is 19.1 Å². The highest BCUT2D eigenvalue weighted by atomic mass is 32.2. The van der Waals surface area contributed by atoms with Gasteiger partial charge in [0.2, 0.25) is 5.91 Å². The normalized spacial score (nSPS) is 12.9. The van der Waals surface area contributed by atoms with Crippen LogP contribution in [0.3, 0.4) is 0 Å². The predicted molar refractivity (Wildman–Crippen MR) is 113 cm³/mol. The van der Waals surface area contributed by atoms with E-state index in [0.717, 1.165) is 18.6 Å². The number of esters is 1. The van der Waals surface area contributed by atoms with Gasteiger partial charge in [-0.1, -0.05) is 45.4 Å². The molecule has 0 saturated heterocycles. The molecular formula is C21H32N2O4S. The molecule has 2 atom stereocenters. The molecular weight excluding hydrogens is 376 g/mol. The van der Waals surface area contributed by atoms with Crippen LogP contribution in [0.1, 0.15) is 50.9 Å². The van der Waals surface area contributed by atoms with Gasteiger partial charge < -0.3 is 15.4 Å². The molecule has 0 aliphatic carbocycles. The minimum absolute atomic E-state index is 0.136. The Kier molecular flexibility index (Phi) is 11.3. The van der Waals surface area contributed by atoms with Crippen molar-refractivity contribution in [3.05, 3.63) is 35.9 Å². The van der Waals surface area contributed by atoms with E-state index in [-0.39, 0.29) is 24.3 Å². The molecule has 156 valence electrons. The number of nitrogens with one attached hydrogen (secondary N) is 2. The third-order valence-corrected chi connectivity index (χ3v) is 5.23. The first-order valence-corrected chi connectivity index (χ1v) is 11.0. The molecule has 0 spiro atoms. The van der Waals surface area contributed by atoms with Gasteiger partial charge in [-0.05, 0) is 37.1 Å². The van der Waals surface area contributed by atoms with E-state index in [1.165, 1.54) is 0 Å². The molecule has 1 aromatic carbocycles. The Hall–Kier alpha value is -2.02. The van der Waals surface area contributed by atoms with Crippen LogP contribution in [0.25, 0.3) is 0 Å². The standard InChI is InChI=1S/C21H32N2O4S/c1-5-7-13-28-14-17(21(26)27-6-2)22-20(25)18(15(3)4)23-19(24)16-11-9-8-10-12-16/h8-12,15,17-18H,5-7,13-14H2,1-4H3,(H,22,25)(H,23,24)/t17-,18-/m0/s1. The second-order valence-corrected chi connectivity index (χ2v) is 7.95. The average molecular weight is 409 g/mol. The molecule has 0 heterocycles. The van der Waals surface area contributed by atoms with E-state index in [0.29, 0.717) is 11.3 Å². The summed E-state index contributed by atoms with van der Waals surface area (Å²) < 4.78 is 5.10. The number of rotatable bonds is 12. The highest BCUT2D eigenvalue weighted by Gasteiger charge is 2.29. The Morgan fingerprint density at radius 2 is 1.75 bits per heavy atom. The van der Waals surface area contributed by atoms with Crippen LogP contribution in [0.5, 0.6) is 0 Å². The molecule has 0 aliphatic rings. The summed E-state index contributed by atoms with van der Waals surface area (Å²) in [5.41, 5.74) is 0.484. The Labute approximate surface area is 172 Å². The van der Waals surface area contributed by atoms with Gasteiger partial charge >= 0.3 is 5.97 Å². The van der Waals surface area contributed by atoms with Crippen molar-refractivity contribution in [1.82, 2.24) is 10.6 Å². The van der Waals surface area contributed by atoms with Crippen molar-refractivity contribution in [3.63, 3.8) is 0 Å². The lowest BCUT2D eigenvalue weighted by Crippen LogP contribution is -2.54. The van der Waals surface area contributed by atoms with Gasteiger partial charge in [0.05, 0.1) is 6.61 Å². The average Bonchev–Trinajstić information content (AvgIpc) is 2.68. The fourth-order valence-corrected chi connectivity index (χ4v) is 3.58. The van der Waals surface area contributed by atoms with Crippen LogP contribution in [0.15, 0.2) is 30.3 Å². The zero-order chi connectivity index (χ0) is 20.9. The molecule has 0 aromatic heterocycles. The zero-order valence-electron chi connectivity index (χ0n) is 17.2. The maximum absolute atomic E-state index is 12.8. The van der Waals surface area contributed by atoms with Crippen LogP contribution < -0.4 is 10.6 Å². The topological polar surface area (TPSA) is 84.5 Å². The van der Waals surface area contributed by atoms with Crippen molar-refractivity contribution in [2.75, 3.05) is 18.1 Å². The summed E-state index contributed by atoms with van der Waals surface area (Å²) in [7, 11) is 0. The lowest BCUT2D eigenvalue weighted by molar-refractivity contribution is -0.147. The number of hydrogen-bond acceptors (Lipinski definition) is 5. The SMILES string of the molecule is CCCCSC[C@H](NC(=O)[C@@H](NC(=O)c1ccccc1)C(C)C)C(=O)OCC. The Morgan fingerprint density at radius 3 is 2.32 bits per heavy atom. The smallest absolute Gasteiger partial charge is 0.329 e. The molecule has 2 N–H and O–H groups in total. The number of carbonyl (C=O) groups excluding carboxylic acids is 3. The molecule has 7 heteroatoms. The van der Waals surface area contributed by atoms with Crippen molar-refractivity contribution in [2.45, 2.75) is 52.6 Å². The number of unbranched alkanes of at least 4 members (excludes halogenated alkanes) is 1. The zero-order valence-corrected chi connectivity index (χ0v) is 18.0. The third-order valence-electron chi connectivity index (χ3n) is 4.09. The van der Waals surface area contributed by atoms with Gasteiger partial charge in [0.15, 0.2) is 0 Å². The van der Waals surface area contributed by atoms with E-state index in [9.17, 15) is 14.4 Å². The fraction of sp³-hybridized carbons (Fsp3) is 0.571. The van der Waals surface area contributed by atoms with Gasteiger partial charge in [-0.2, -0.15) is 11.8 Å². The molecule has 0 radical (unpaired) electrons. The van der Waals surface area contributed by atoms with Crippen molar-refractivity contribution in [3.8, 4) is 0 Å². The summed E-state index contributed by atoms with van der Waals surface area (Å²) >= 11 is 1.61. The van der Waals surface area contributed by atoms with E-state index in [1.807, 2.05) is 19.9 Å². The van der Waals surface area contributed by atoms with Crippen LogP contribution in [-0.2, 0) is 14.3 Å². The monoisotopic (exact) mass is 408 g/mol. The highest BCUT2D eigenvalue weighted by molar-refractivity contribution is 7.99. The molecule has 2 amide bonds. The molecule has 0 unspecified atom stereocenters. The molecule has 6 nitrogen and oxygen atoms in total. The molecule has 1 rings (SSSR count). The summed E-state index contributed by atoms with van der Waals surface area (Å²) in [6, 6.07) is 7.26. The van der Waals surface area contributed by atoms with E-state index in [1.54, 1.807) is 43.0 Å². The van der Waals surface area contributed by atoms with Crippen molar-refractivity contribution in [1.29, 1.82) is 0 Å². The summed E-state index contributed by atoms with van der Waals surface area (Å²) in [5, 5.41) is 5.54. The Balaban J connectivity index is 2.78. The predicted octanol–water partition coefficient (Wildman–Crippen LogP) is 3.02. The van der Waals surface area contributed by atoms with Crippen LogP contribution in [0.4, 0.5) is 0 Å². The van der Waals surface area contributed by atoms with Crippen LogP contribution in [-0.4, -0.2) is 48.0 Å². The van der Waals surface area contributed by atoms with Gasteiger partial charge in [0.25, 0.3) is 5.91 Å². The molecule has 0 fully saturated rings. The molecule has 1 aromatic rings. The van der Waals surface area contributed by atoms with Crippen LogP contribution in [0, 0.1) is 5.92 Å². The minimum Gasteiger partial charge on any atom is -0.464 e. The van der Waals surface area contributed by atoms with Crippen molar-refractivity contribution >= 4 is 29.5 Å². The fourth-order valence-electron chi connectivity index (χ4n) is 2.47. The van der Waals surface area contributed by atoms with E-state index in [4.69, 9.17) is 4.74 Å². The second-order valence-electron chi connectivity index (χ2n) is 6.80. The maximum atomic E-state index is 12.8. The number of hydrogen-bond donors (Lipinski definition) is 2. The van der Waals surface area contributed by atoms with Crippen molar-refractivity contribution in [2.24, 2.45) is 5.92 Å². The third kappa shape index (κ3) is 8.33. The van der Waals surface area contributed by atoms with E-state index < -0.39 is 18.1 Å².